The molecule has 20 rings (SSSR count). The standard InChI is InChI=1S/C36H58N2O.C34H54N2O2.C33H54N2O.C33H52N2O/c1-23(2)10-8-9-11-24(3)27-14-15-28-26-13-17-32-34(4,5)33(39-31-22-25(37)12-16-30(31)38)19-21-36(32,7)29(26)18-20-35(27,28)6;1-21(2)7-6-8-22(3)29-11-12-30-28-10-9-25-17-23(32(38-37)24-18-26(35)20-27(36)19-24)13-15-33(25,4)31(28)14-16-34(29,30)5;2*1-21(2)7-6-8-22(3)27-12-13-28-26-11-9-23-19-25(36-31-20-24(34)10-14-30(31)35)15-17-32(23,4)29(26)16-18-33(27,28)5/h10,12,16,22,24,26-29,32-33H,8-9,11,13-15,17-21,37-38H2,1-7H3;9,18-23,28-32,37H,6-8,10-17,35-36H2,1-5H3;10,14,20-23,25-29H,6-9,11-13,15-19,34-35H2,1-5H3;9-10,14,20-22,25-29H,6-8,11-13,15-19,34-35H2,1-5H3. The van der Waals surface area contributed by atoms with Gasteiger partial charge in [-0.2, -0.15) is 0 Å². The first-order valence-electron chi connectivity index (χ1n) is 62.6. The molecule has 35 unspecified atom stereocenters. The second-order valence-electron chi connectivity index (χ2n) is 59.0. The predicted molar refractivity (Wildman–Crippen MR) is 630 cm³/mol. The van der Waals surface area contributed by atoms with Crippen LogP contribution in [0.4, 0.5) is 45.5 Å². The molecule has 14 saturated carbocycles. The van der Waals surface area contributed by atoms with Crippen LogP contribution in [0.15, 0.2) is 108 Å². The van der Waals surface area contributed by atoms with E-state index in [0.717, 1.165) is 215 Å². The lowest BCUT2D eigenvalue weighted by Crippen LogP contribution is -2.60. The van der Waals surface area contributed by atoms with Gasteiger partial charge in [0.25, 0.3) is 0 Å². The summed E-state index contributed by atoms with van der Waals surface area (Å²) < 4.78 is 19.6. The number of rotatable bonds is 29. The van der Waals surface area contributed by atoms with Crippen LogP contribution in [0.5, 0.6) is 17.2 Å². The Kier molecular flexibility index (Phi) is 35.3. The number of allylic oxidation sites excluding steroid dienone is 5. The zero-order chi connectivity index (χ0) is 107. The van der Waals surface area contributed by atoms with Gasteiger partial charge >= 0.3 is 0 Å². The van der Waals surface area contributed by atoms with Gasteiger partial charge in [0.15, 0.2) is 0 Å². The molecule has 4 aromatic carbocycles. The lowest BCUT2D eigenvalue weighted by atomic mass is 9.41. The average Bonchev–Trinajstić information content (AvgIpc) is 1.70. The first-order chi connectivity index (χ1) is 70.7. The predicted octanol–water partition coefficient (Wildman–Crippen LogP) is 36.1. The van der Waals surface area contributed by atoms with Crippen LogP contribution in [0.3, 0.4) is 0 Å². The second kappa shape index (κ2) is 46.2. The van der Waals surface area contributed by atoms with Crippen LogP contribution in [0.2, 0.25) is 0 Å². The average molecular weight is 2050 g/mol. The van der Waals surface area contributed by atoms with Gasteiger partial charge in [-0.1, -0.05) is 238 Å². The molecule has 0 amide bonds. The van der Waals surface area contributed by atoms with Crippen molar-refractivity contribution in [1.29, 1.82) is 0 Å². The molecule has 35 atom stereocenters. The molecule has 0 spiro atoms. The van der Waals surface area contributed by atoms with Gasteiger partial charge in [-0.15, -0.1) is 0 Å². The molecule has 149 heavy (non-hydrogen) atoms. The van der Waals surface area contributed by atoms with Crippen LogP contribution in [0.25, 0.3) is 0 Å². The molecule has 4 aromatic rings. The van der Waals surface area contributed by atoms with E-state index in [0.29, 0.717) is 77.9 Å². The number of anilines is 8. The number of fused-ring (bicyclic) bond motifs is 20. The monoisotopic (exact) mass is 2040 g/mol. The minimum absolute atomic E-state index is 0.119. The molecule has 0 heterocycles. The molecule has 832 valence electrons. The van der Waals surface area contributed by atoms with Crippen molar-refractivity contribution < 1.29 is 24.4 Å². The fourth-order valence-electron chi connectivity index (χ4n) is 41.1. The zero-order valence-electron chi connectivity index (χ0n) is 98.5. The SMILES string of the molecule is CC(C)=CCCCC(C)C1CCC2C3CCC4C(C)(C)C(Oc5cc(N)ccc5N)CCC4(C)C3CCC12C.CC(C)CCCC(C)C1CCC2C3CC=C4CC(C(OO)c5cc(N)cc(N)c5)CCC4(C)C3CCC12C.CC(C)CCCC(C)C1CCC2C3CC=C4CC(Oc5cc(N)ccc5N)CCC4(C)C3CCC12C.CC(C)CCCC(C)C1CCC2C3CCC4CC(Oc5cc(N)ccc5N)CCC4(C)C3CCC12C. The molecule has 13 nitrogen and oxygen atoms in total. The van der Waals surface area contributed by atoms with Gasteiger partial charge in [-0.05, 0) is 490 Å². The fourth-order valence-corrected chi connectivity index (χ4v) is 41.1. The molecule has 14 fully saturated rings. The van der Waals surface area contributed by atoms with Gasteiger partial charge in [0, 0.05) is 58.5 Å². The number of hydrogen-bond acceptors (Lipinski definition) is 13. The third-order valence-corrected chi connectivity index (χ3v) is 49.0. The highest BCUT2D eigenvalue weighted by atomic mass is 17.1. The third kappa shape index (κ3) is 22.9. The Morgan fingerprint density at radius 2 is 0.725 bits per heavy atom. The van der Waals surface area contributed by atoms with E-state index in [1.807, 2.05) is 66.7 Å². The van der Waals surface area contributed by atoms with Gasteiger partial charge < -0.3 is 60.1 Å². The normalized spacial score (nSPS) is 39.3. The largest absolute Gasteiger partial charge is 0.488 e. The molecule has 0 aromatic heterocycles. The number of benzene rings is 4. The van der Waals surface area contributed by atoms with Crippen LogP contribution in [0, 0.1) is 203 Å². The van der Waals surface area contributed by atoms with Gasteiger partial charge in [0.2, 0.25) is 0 Å². The summed E-state index contributed by atoms with van der Waals surface area (Å²) in [6.07, 6.45) is 68.8. The number of nitrogen functional groups attached to an aromatic ring is 8. The summed E-state index contributed by atoms with van der Waals surface area (Å²) in [4.78, 5) is 5.11. The molecule has 16 aliphatic rings. The maximum absolute atomic E-state index is 9.94. The molecule has 0 radical (unpaired) electrons. The Labute approximate surface area is 908 Å². The first-order valence-corrected chi connectivity index (χ1v) is 62.6. The van der Waals surface area contributed by atoms with Crippen molar-refractivity contribution in [1.82, 2.24) is 0 Å². The van der Waals surface area contributed by atoms with Crippen LogP contribution >= 0.6 is 0 Å². The summed E-state index contributed by atoms with van der Waals surface area (Å²) in [5.41, 5.74) is 64.0. The Morgan fingerprint density at radius 1 is 0.349 bits per heavy atom. The molecular weight excluding hydrogens is 1830 g/mol. The van der Waals surface area contributed by atoms with Crippen LogP contribution < -0.4 is 60.1 Å². The summed E-state index contributed by atoms with van der Waals surface area (Å²) in [7, 11) is 0. The summed E-state index contributed by atoms with van der Waals surface area (Å²) in [5.74, 6) is 24.5. The van der Waals surface area contributed by atoms with Crippen molar-refractivity contribution >= 4 is 45.5 Å². The Hall–Kier alpha value is -6.18. The topological polar surface area (TPSA) is 265 Å². The highest BCUT2D eigenvalue weighted by Crippen LogP contribution is 2.75. The number of ether oxygens (including phenoxy) is 3. The van der Waals surface area contributed by atoms with Crippen molar-refractivity contribution in [2.75, 3.05) is 45.9 Å². The van der Waals surface area contributed by atoms with Crippen LogP contribution in [0.1, 0.15) is 453 Å². The lowest BCUT2D eigenvalue weighted by molar-refractivity contribution is -0.296. The van der Waals surface area contributed by atoms with Gasteiger partial charge in [-0.3, -0.25) is 5.26 Å². The summed E-state index contributed by atoms with van der Waals surface area (Å²) in [6, 6.07) is 22.5. The molecule has 0 bridgehead atoms. The molecule has 16 aliphatic carbocycles. The van der Waals surface area contributed by atoms with Crippen LogP contribution in [-0.2, 0) is 4.89 Å². The van der Waals surface area contributed by atoms with Crippen molar-refractivity contribution in [2.45, 2.75) is 466 Å². The molecule has 0 aliphatic heterocycles. The van der Waals surface area contributed by atoms with E-state index in [1.54, 1.807) is 17.2 Å². The minimum atomic E-state index is -0.383. The minimum Gasteiger partial charge on any atom is -0.488 e. The Balaban J connectivity index is 0.000000135. The highest BCUT2D eigenvalue weighted by Gasteiger charge is 2.68. The van der Waals surface area contributed by atoms with E-state index in [-0.39, 0.29) is 41.2 Å². The number of nitrogens with two attached hydrogens (primary N) is 8. The van der Waals surface area contributed by atoms with E-state index in [2.05, 4.69) is 171 Å². The smallest absolute Gasteiger partial charge is 0.144 e. The molecule has 13 heteroatoms. The van der Waals surface area contributed by atoms with Crippen molar-refractivity contribution in [3.63, 3.8) is 0 Å². The second-order valence-corrected chi connectivity index (χ2v) is 59.0. The number of hydrogen-bond donors (Lipinski definition) is 9. The zero-order valence-corrected chi connectivity index (χ0v) is 98.5. The summed E-state index contributed by atoms with van der Waals surface area (Å²) >= 11 is 0. The fraction of sp³-hybridized carbons (Fsp3) is 0.779. The van der Waals surface area contributed by atoms with Crippen molar-refractivity contribution in [2.24, 2.45) is 203 Å². The highest BCUT2D eigenvalue weighted by molar-refractivity contribution is 5.62. The van der Waals surface area contributed by atoms with Gasteiger partial charge in [-0.25, -0.2) is 4.89 Å². The Bertz CT molecular complexity index is 5200. The molecular formula is C136H218N8O5. The van der Waals surface area contributed by atoms with E-state index < -0.39 is 0 Å². The van der Waals surface area contributed by atoms with Gasteiger partial charge in [0.1, 0.15) is 35.6 Å². The van der Waals surface area contributed by atoms with Crippen LogP contribution in [-0.4, -0.2) is 23.6 Å². The Morgan fingerprint density at radius 3 is 1.17 bits per heavy atom. The number of unbranched alkanes of at least 4 members (excludes halogenated alkanes) is 1. The van der Waals surface area contributed by atoms with E-state index in [9.17, 15) is 5.26 Å². The quantitative estimate of drug-likeness (QED) is 0.00806. The summed E-state index contributed by atoms with van der Waals surface area (Å²) in [6.45, 7) is 55.3. The first kappa shape index (κ1) is 114. The van der Waals surface area contributed by atoms with E-state index in [1.165, 1.54) is 256 Å². The maximum Gasteiger partial charge on any atom is 0.144 e. The van der Waals surface area contributed by atoms with Crippen molar-refractivity contribution in [3.05, 3.63) is 113 Å². The van der Waals surface area contributed by atoms with Crippen molar-refractivity contribution in [3.8, 4) is 17.2 Å². The van der Waals surface area contributed by atoms with E-state index in [4.69, 9.17) is 65.0 Å². The van der Waals surface area contributed by atoms with Gasteiger partial charge in [0.05, 0.1) is 23.2 Å². The third-order valence-electron chi connectivity index (χ3n) is 49.0. The molecule has 0 saturated heterocycles. The molecule has 17 N–H and O–H groups in total. The maximum atomic E-state index is 9.94. The lowest BCUT2D eigenvalue weighted by Gasteiger charge is -2.65. The van der Waals surface area contributed by atoms with E-state index >= 15 is 0 Å². The summed E-state index contributed by atoms with van der Waals surface area (Å²) in [5, 5.41) is 9.94.